The molecule has 3 saturated heterocycles. The van der Waals surface area contributed by atoms with Crippen molar-refractivity contribution in [2.75, 3.05) is 18.4 Å². The van der Waals surface area contributed by atoms with Crippen molar-refractivity contribution in [3.8, 4) is 0 Å². The van der Waals surface area contributed by atoms with Crippen molar-refractivity contribution in [3.05, 3.63) is 24.0 Å². The lowest BCUT2D eigenvalue weighted by Crippen LogP contribution is -2.71. The molecule has 35 heavy (non-hydrogen) atoms. The van der Waals surface area contributed by atoms with Gasteiger partial charge in [0.1, 0.15) is 6.17 Å². The van der Waals surface area contributed by atoms with Crippen LogP contribution < -0.4 is 21.8 Å². The van der Waals surface area contributed by atoms with Gasteiger partial charge in [0, 0.05) is 32.3 Å². The Morgan fingerprint density at radius 1 is 1.20 bits per heavy atom. The number of hydrogen-bond donors (Lipinski definition) is 4. The Labute approximate surface area is 206 Å². The van der Waals surface area contributed by atoms with Gasteiger partial charge in [0.05, 0.1) is 35.7 Å². The molecule has 0 radical (unpaired) electrons. The fourth-order valence-corrected chi connectivity index (χ4v) is 6.39. The summed E-state index contributed by atoms with van der Waals surface area (Å²) in [6.45, 7) is 1.38. The van der Waals surface area contributed by atoms with Crippen molar-refractivity contribution in [3.63, 3.8) is 0 Å². The number of nitrogens with two attached hydrogens (primary N) is 1. The second-order valence-corrected chi connectivity index (χ2v) is 10.5. The minimum Gasteiger partial charge on any atom is -0.338 e. The van der Waals surface area contributed by atoms with E-state index in [4.69, 9.17) is 5.73 Å². The van der Waals surface area contributed by atoms with Gasteiger partial charge < -0.3 is 16.0 Å². The zero-order valence-corrected chi connectivity index (χ0v) is 20.3. The molecule has 0 bridgehead atoms. The van der Waals surface area contributed by atoms with E-state index in [0.29, 0.717) is 18.7 Å². The van der Waals surface area contributed by atoms with E-state index in [9.17, 15) is 9.59 Å². The number of nitrogens with zero attached hydrogens (tertiary/aromatic N) is 3. The van der Waals surface area contributed by atoms with Gasteiger partial charge in [-0.05, 0) is 30.9 Å². The van der Waals surface area contributed by atoms with Gasteiger partial charge in [-0.15, -0.1) is 0 Å². The van der Waals surface area contributed by atoms with Crippen LogP contribution in [-0.2, 0) is 16.1 Å². The first-order valence-electron chi connectivity index (χ1n) is 13.2. The van der Waals surface area contributed by atoms with Crippen LogP contribution in [0, 0.1) is 5.92 Å². The minimum atomic E-state index is -1.03. The Morgan fingerprint density at radius 2 is 1.94 bits per heavy atom. The second kappa shape index (κ2) is 10.5. The second-order valence-electron chi connectivity index (χ2n) is 10.5. The number of aromatic nitrogens is 1. The number of hydrazine groups is 1. The smallest absolute Gasteiger partial charge is 0.233 e. The van der Waals surface area contributed by atoms with Crippen LogP contribution in [-0.4, -0.2) is 63.8 Å². The fourth-order valence-electron chi connectivity index (χ4n) is 6.39. The predicted octanol–water partition coefficient (Wildman–Crippen LogP) is 2.00. The van der Waals surface area contributed by atoms with Crippen molar-refractivity contribution < 1.29 is 14.0 Å². The standard InChI is InChI=1S/C25H38FN7O2/c26-19-15-29-23-21(22(27)31-33(23)25(19)10-5-3-1-2-4-6-11-25)24(35)30-18-14-28-12-9-17(18)16-32-13-7-8-20(32)34/h9,12,14,19,21-23,29,31H,1-8,10-11,13,15-16,27H2,(H,30,35). The SMILES string of the molecule is NC1NN2C(NCC(F)C23CCCCCCCC3)C1C(=O)Nc1cnccc1CN1CCCC1=O. The van der Waals surface area contributed by atoms with Gasteiger partial charge in [0.15, 0.2) is 0 Å². The maximum Gasteiger partial charge on any atom is 0.233 e. The number of carbonyl (C=O) groups excluding carboxylic acids is 2. The molecule has 1 spiro atoms. The van der Waals surface area contributed by atoms with E-state index in [1.807, 2.05) is 11.1 Å². The maximum absolute atomic E-state index is 15.6. The summed E-state index contributed by atoms with van der Waals surface area (Å²) in [6, 6.07) is 1.83. The number of hydrogen-bond acceptors (Lipinski definition) is 7. The summed E-state index contributed by atoms with van der Waals surface area (Å²) < 4.78 is 15.6. The van der Waals surface area contributed by atoms with Crippen LogP contribution in [0.4, 0.5) is 10.1 Å². The zero-order valence-electron chi connectivity index (χ0n) is 20.3. The molecule has 2 amide bonds. The van der Waals surface area contributed by atoms with E-state index < -0.39 is 30.0 Å². The lowest BCUT2D eigenvalue weighted by Gasteiger charge is -2.51. The maximum atomic E-state index is 15.6. The summed E-state index contributed by atoms with van der Waals surface area (Å²) >= 11 is 0. The van der Waals surface area contributed by atoms with Crippen molar-refractivity contribution in [1.29, 1.82) is 0 Å². The van der Waals surface area contributed by atoms with Crippen molar-refractivity contribution in [2.24, 2.45) is 11.7 Å². The van der Waals surface area contributed by atoms with E-state index in [2.05, 4.69) is 21.0 Å². The van der Waals surface area contributed by atoms with Crippen molar-refractivity contribution in [1.82, 2.24) is 25.6 Å². The van der Waals surface area contributed by atoms with E-state index >= 15 is 4.39 Å². The predicted molar refractivity (Wildman–Crippen MR) is 130 cm³/mol. The van der Waals surface area contributed by atoms with Crippen LogP contribution in [0.15, 0.2) is 18.5 Å². The number of carbonyl (C=O) groups is 2. The van der Waals surface area contributed by atoms with Gasteiger partial charge in [-0.3, -0.25) is 19.9 Å². The molecular formula is C25H38FN7O2. The van der Waals surface area contributed by atoms with Crippen LogP contribution in [0.5, 0.6) is 0 Å². The van der Waals surface area contributed by atoms with Crippen LogP contribution in [0.3, 0.4) is 0 Å². The molecule has 9 nitrogen and oxygen atoms in total. The molecule has 5 rings (SSSR count). The Morgan fingerprint density at radius 3 is 2.66 bits per heavy atom. The van der Waals surface area contributed by atoms with Crippen LogP contribution >= 0.6 is 0 Å². The highest BCUT2D eigenvalue weighted by molar-refractivity contribution is 5.94. The normalized spacial score (nSPS) is 31.6. The average Bonchev–Trinajstić information content (AvgIpc) is 3.43. The molecule has 5 N–H and O–H groups in total. The summed E-state index contributed by atoms with van der Waals surface area (Å²) in [5, 5.41) is 8.23. The van der Waals surface area contributed by atoms with E-state index in [1.165, 1.54) is 12.8 Å². The molecule has 1 saturated carbocycles. The monoisotopic (exact) mass is 487 g/mol. The number of anilines is 1. The fraction of sp³-hybridized carbons (Fsp3) is 0.720. The molecule has 1 aliphatic carbocycles. The number of pyridine rings is 1. The first-order chi connectivity index (χ1) is 17.0. The summed E-state index contributed by atoms with van der Waals surface area (Å²) in [4.78, 5) is 31.7. The van der Waals surface area contributed by atoms with Gasteiger partial charge in [-0.1, -0.05) is 38.5 Å². The molecule has 0 aromatic carbocycles. The summed E-state index contributed by atoms with van der Waals surface area (Å²) in [7, 11) is 0. The molecule has 10 heteroatoms. The highest BCUT2D eigenvalue weighted by Crippen LogP contribution is 2.41. The molecule has 4 aliphatic rings. The number of halogens is 1. The number of nitrogens with one attached hydrogen (secondary N) is 3. The van der Waals surface area contributed by atoms with E-state index in [-0.39, 0.29) is 18.4 Å². The van der Waals surface area contributed by atoms with Gasteiger partial charge in [-0.2, -0.15) is 0 Å². The first kappa shape index (κ1) is 24.5. The highest BCUT2D eigenvalue weighted by Gasteiger charge is 2.57. The van der Waals surface area contributed by atoms with Gasteiger partial charge >= 0.3 is 0 Å². The molecule has 4 fully saturated rings. The van der Waals surface area contributed by atoms with Gasteiger partial charge in [0.25, 0.3) is 0 Å². The molecule has 4 atom stereocenters. The third-order valence-electron chi connectivity index (χ3n) is 8.34. The van der Waals surface area contributed by atoms with Crippen LogP contribution in [0.2, 0.25) is 0 Å². The topological polar surface area (TPSA) is 116 Å². The molecule has 1 aromatic rings. The number of alkyl halides is 1. The number of likely N-dealkylation sites (tertiary alicyclic amines) is 1. The van der Waals surface area contributed by atoms with E-state index in [1.54, 1.807) is 17.3 Å². The van der Waals surface area contributed by atoms with Crippen molar-refractivity contribution in [2.45, 2.75) is 94.8 Å². The molecule has 4 heterocycles. The van der Waals surface area contributed by atoms with Gasteiger partial charge in [0.2, 0.25) is 11.8 Å². The molecular weight excluding hydrogens is 449 g/mol. The third kappa shape index (κ3) is 4.81. The number of fused-ring (bicyclic) bond motifs is 2. The Kier molecular flexibility index (Phi) is 7.34. The van der Waals surface area contributed by atoms with Crippen LogP contribution in [0.1, 0.15) is 69.8 Å². The highest BCUT2D eigenvalue weighted by atomic mass is 19.1. The third-order valence-corrected chi connectivity index (χ3v) is 8.34. The molecule has 192 valence electrons. The molecule has 3 aliphatic heterocycles. The summed E-state index contributed by atoms with van der Waals surface area (Å²) in [5.41, 5.74) is 10.5. The number of rotatable bonds is 4. The minimum absolute atomic E-state index is 0.129. The van der Waals surface area contributed by atoms with Gasteiger partial charge in [-0.25, -0.2) is 14.8 Å². The van der Waals surface area contributed by atoms with Crippen LogP contribution in [0.25, 0.3) is 0 Å². The lowest BCUT2D eigenvalue weighted by atomic mass is 9.80. The quantitative estimate of drug-likeness (QED) is 0.513. The Bertz CT molecular complexity index is 921. The lowest BCUT2D eigenvalue weighted by molar-refractivity contribution is -0.128. The largest absolute Gasteiger partial charge is 0.338 e. The summed E-state index contributed by atoms with van der Waals surface area (Å²) in [6.07, 6.45) is 10.7. The van der Waals surface area contributed by atoms with E-state index in [0.717, 1.165) is 57.1 Å². The Balaban J connectivity index is 1.34. The average molecular weight is 488 g/mol. The summed E-state index contributed by atoms with van der Waals surface area (Å²) in [5.74, 6) is -0.708. The zero-order chi connectivity index (χ0) is 24.4. The molecule has 1 aromatic heterocycles. The number of amides is 2. The molecule has 4 unspecified atom stereocenters. The Hall–Kier alpha value is -2.14. The van der Waals surface area contributed by atoms with Crippen molar-refractivity contribution >= 4 is 17.5 Å². The first-order valence-corrected chi connectivity index (χ1v) is 13.2.